The molecule has 0 spiro atoms. The van der Waals surface area contributed by atoms with E-state index in [0.717, 1.165) is 38.5 Å². The average molecular weight is 407 g/mol. The zero-order valence-corrected chi connectivity index (χ0v) is 18.0. The summed E-state index contributed by atoms with van der Waals surface area (Å²) in [4.78, 5) is 36.2. The molecule has 9 atom stereocenters. The van der Waals surface area contributed by atoms with Crippen molar-refractivity contribution in [3.05, 3.63) is 0 Å². The highest BCUT2D eigenvalue weighted by molar-refractivity contribution is 5.91. The molecule has 0 amide bonds. The van der Waals surface area contributed by atoms with Crippen molar-refractivity contribution in [2.24, 2.45) is 34.5 Å². The topological polar surface area (TPSA) is 89.9 Å². The lowest BCUT2D eigenvalue weighted by Crippen LogP contribution is -2.59. The fourth-order valence-corrected chi connectivity index (χ4v) is 7.63. The lowest BCUT2D eigenvalue weighted by molar-refractivity contribution is -0.193. The Bertz CT molecular complexity index is 718. The van der Waals surface area contributed by atoms with E-state index in [9.17, 15) is 19.5 Å². The van der Waals surface area contributed by atoms with Gasteiger partial charge in [0.1, 0.15) is 18.3 Å². The van der Waals surface area contributed by atoms with Crippen LogP contribution in [0.3, 0.4) is 0 Å². The van der Waals surface area contributed by atoms with Crippen LogP contribution in [0, 0.1) is 34.5 Å². The third-order valence-electron chi connectivity index (χ3n) is 8.99. The Labute approximate surface area is 172 Å². The van der Waals surface area contributed by atoms with Crippen molar-refractivity contribution in [1.29, 1.82) is 0 Å². The summed E-state index contributed by atoms with van der Waals surface area (Å²) >= 11 is 0. The van der Waals surface area contributed by atoms with Crippen molar-refractivity contribution < 1.29 is 29.0 Å². The largest absolute Gasteiger partial charge is 0.463 e. The first-order chi connectivity index (χ1) is 13.6. The van der Waals surface area contributed by atoms with Gasteiger partial charge in [-0.25, -0.2) is 0 Å². The van der Waals surface area contributed by atoms with Crippen LogP contribution in [0.2, 0.25) is 0 Å². The minimum atomic E-state index is -0.896. The Kier molecular flexibility index (Phi) is 5.08. The Morgan fingerprint density at radius 2 is 1.66 bits per heavy atom. The Balaban J connectivity index is 1.67. The monoisotopic (exact) mass is 406 g/mol. The van der Waals surface area contributed by atoms with Crippen LogP contribution in [0.25, 0.3) is 0 Å². The Morgan fingerprint density at radius 1 is 0.966 bits per heavy atom. The molecule has 0 bridgehead atoms. The lowest BCUT2D eigenvalue weighted by atomic mass is 9.44. The third kappa shape index (κ3) is 3.22. The van der Waals surface area contributed by atoms with Crippen molar-refractivity contribution in [1.82, 2.24) is 0 Å². The van der Waals surface area contributed by atoms with Gasteiger partial charge in [0.05, 0.1) is 0 Å². The Hall–Kier alpha value is -1.43. The first kappa shape index (κ1) is 20.8. The van der Waals surface area contributed by atoms with Crippen LogP contribution in [-0.2, 0) is 23.9 Å². The number of Topliss-reactive ketones (excluding diaryl/α,β-unsaturated/α-hetero) is 1. The van der Waals surface area contributed by atoms with Crippen molar-refractivity contribution in [2.75, 3.05) is 0 Å². The van der Waals surface area contributed by atoms with Crippen molar-refractivity contribution in [3.8, 4) is 0 Å². The van der Waals surface area contributed by atoms with Crippen LogP contribution in [0.1, 0.15) is 72.6 Å². The van der Waals surface area contributed by atoms with Gasteiger partial charge in [-0.2, -0.15) is 0 Å². The van der Waals surface area contributed by atoms with E-state index in [1.807, 2.05) is 6.92 Å². The number of aliphatic hydroxyl groups excluding tert-OH is 1. The van der Waals surface area contributed by atoms with Crippen LogP contribution in [0.5, 0.6) is 0 Å². The molecule has 29 heavy (non-hydrogen) atoms. The van der Waals surface area contributed by atoms with Crippen LogP contribution in [-0.4, -0.2) is 41.1 Å². The van der Waals surface area contributed by atoms with Gasteiger partial charge in [-0.3, -0.25) is 14.4 Å². The van der Waals surface area contributed by atoms with Crippen molar-refractivity contribution >= 4 is 17.7 Å². The molecule has 1 N–H and O–H groups in total. The molecule has 0 heterocycles. The van der Waals surface area contributed by atoms with Gasteiger partial charge in [0.25, 0.3) is 0 Å². The zero-order valence-electron chi connectivity index (χ0n) is 18.0. The average Bonchev–Trinajstić information content (AvgIpc) is 2.85. The number of esters is 2. The highest BCUT2D eigenvalue weighted by Gasteiger charge is 2.65. The minimum Gasteiger partial charge on any atom is -0.463 e. The second-order valence-electron chi connectivity index (χ2n) is 10.5. The lowest BCUT2D eigenvalue weighted by Gasteiger charge is -2.61. The third-order valence-corrected chi connectivity index (χ3v) is 8.99. The molecule has 162 valence electrons. The number of aliphatic hydroxyl groups is 1. The highest BCUT2D eigenvalue weighted by Crippen LogP contribution is 2.66. The summed E-state index contributed by atoms with van der Waals surface area (Å²) in [6.45, 7) is 7.25. The first-order valence-corrected chi connectivity index (χ1v) is 11.1. The van der Waals surface area contributed by atoms with E-state index in [1.165, 1.54) is 13.8 Å². The van der Waals surface area contributed by atoms with Gasteiger partial charge in [-0.05, 0) is 68.1 Å². The number of ether oxygens (including phenoxy) is 2. The molecular weight excluding hydrogens is 372 g/mol. The van der Waals surface area contributed by atoms with E-state index in [2.05, 4.69) is 6.92 Å². The maximum atomic E-state index is 12.8. The van der Waals surface area contributed by atoms with Crippen LogP contribution < -0.4 is 0 Å². The van der Waals surface area contributed by atoms with Gasteiger partial charge in [-0.15, -0.1) is 0 Å². The standard InChI is InChI=1S/C23H34O6/c1-12(24)28-15-5-7-22(3)14(9-15)10-19(29-13(2)25)20-16(22)6-8-23(4)17(20)11-18(26)21(23)27/h14-20,26H,5-11H2,1-4H3/t14-,15-,16?,17?,18-,19+,20?,22+,23+/m1/s1. The van der Waals surface area contributed by atoms with Gasteiger partial charge in [0.2, 0.25) is 0 Å². The smallest absolute Gasteiger partial charge is 0.302 e. The summed E-state index contributed by atoms with van der Waals surface area (Å²) < 4.78 is 11.4. The van der Waals surface area contributed by atoms with Gasteiger partial charge >= 0.3 is 11.9 Å². The molecule has 0 aromatic heterocycles. The number of hydrogen-bond acceptors (Lipinski definition) is 6. The molecule has 0 aliphatic heterocycles. The normalized spacial score (nSPS) is 48.9. The van der Waals surface area contributed by atoms with E-state index < -0.39 is 11.5 Å². The summed E-state index contributed by atoms with van der Waals surface area (Å²) in [6, 6.07) is 0. The van der Waals surface area contributed by atoms with Gasteiger partial charge < -0.3 is 14.6 Å². The van der Waals surface area contributed by atoms with Gasteiger partial charge in [0.15, 0.2) is 5.78 Å². The molecule has 0 aromatic carbocycles. The first-order valence-electron chi connectivity index (χ1n) is 11.1. The number of carbonyl (C=O) groups excluding carboxylic acids is 3. The fraction of sp³-hybridized carbons (Fsp3) is 0.870. The van der Waals surface area contributed by atoms with Gasteiger partial charge in [-0.1, -0.05) is 13.8 Å². The fourth-order valence-electron chi connectivity index (χ4n) is 7.63. The van der Waals surface area contributed by atoms with E-state index in [0.29, 0.717) is 18.3 Å². The zero-order chi connectivity index (χ0) is 21.1. The molecule has 4 aliphatic rings. The second-order valence-corrected chi connectivity index (χ2v) is 10.5. The number of hydrogen-bond donors (Lipinski definition) is 1. The molecule has 3 unspecified atom stereocenters. The summed E-state index contributed by atoms with van der Waals surface area (Å²) in [7, 11) is 0. The number of ketones is 1. The SMILES string of the molecule is CC(=O)O[C@@H]1CC[C@]2(C)C3CC[C@]4(C)C(=O)[C@H](O)CC4C3[C@@H](OC(C)=O)C[C@H]2C1. The number of rotatable bonds is 2. The predicted octanol–water partition coefficient (Wildman–Crippen LogP) is 3.04. The molecule has 4 saturated carbocycles. The van der Waals surface area contributed by atoms with Crippen LogP contribution >= 0.6 is 0 Å². The van der Waals surface area contributed by atoms with E-state index in [1.54, 1.807) is 0 Å². The molecule has 0 saturated heterocycles. The summed E-state index contributed by atoms with van der Waals surface area (Å²) in [6.07, 6.45) is 4.36. The summed E-state index contributed by atoms with van der Waals surface area (Å²) in [5, 5.41) is 10.4. The van der Waals surface area contributed by atoms with E-state index in [4.69, 9.17) is 9.47 Å². The molecule has 4 rings (SSSR count). The maximum absolute atomic E-state index is 12.8. The number of fused-ring (bicyclic) bond motifs is 5. The Morgan fingerprint density at radius 3 is 2.31 bits per heavy atom. The van der Waals surface area contributed by atoms with Crippen molar-refractivity contribution in [2.45, 2.75) is 91.0 Å². The summed E-state index contributed by atoms with van der Waals surface area (Å²) in [5.41, 5.74) is -0.437. The van der Waals surface area contributed by atoms with Gasteiger partial charge in [0, 0.05) is 25.2 Å². The maximum Gasteiger partial charge on any atom is 0.302 e. The van der Waals surface area contributed by atoms with E-state index in [-0.39, 0.29) is 47.2 Å². The molecule has 6 nitrogen and oxygen atoms in total. The number of carbonyl (C=O) groups is 3. The van der Waals surface area contributed by atoms with E-state index >= 15 is 0 Å². The molecule has 0 aromatic rings. The minimum absolute atomic E-state index is 0.0339. The second kappa shape index (κ2) is 7.07. The van der Waals surface area contributed by atoms with Crippen LogP contribution in [0.15, 0.2) is 0 Å². The highest BCUT2D eigenvalue weighted by atomic mass is 16.5. The summed E-state index contributed by atoms with van der Waals surface area (Å²) in [5.74, 6) is 0.255. The quantitative estimate of drug-likeness (QED) is 0.709. The predicted molar refractivity (Wildman–Crippen MR) is 105 cm³/mol. The molecule has 6 heteroatoms. The van der Waals surface area contributed by atoms with Crippen LogP contribution in [0.4, 0.5) is 0 Å². The van der Waals surface area contributed by atoms with Crippen molar-refractivity contribution in [3.63, 3.8) is 0 Å². The molecular formula is C23H34O6. The molecule has 0 radical (unpaired) electrons. The molecule has 4 aliphatic carbocycles. The molecule has 4 fully saturated rings.